The van der Waals surface area contributed by atoms with E-state index in [1.807, 2.05) is 25.3 Å². The molecule has 1 aliphatic rings. The van der Waals surface area contributed by atoms with Crippen molar-refractivity contribution in [3.8, 4) is 5.88 Å². The van der Waals surface area contributed by atoms with Crippen molar-refractivity contribution >= 4 is 17.3 Å². The molecule has 2 aromatic heterocycles. The molecule has 0 amide bonds. The van der Waals surface area contributed by atoms with Crippen LogP contribution in [0.2, 0.25) is 5.02 Å². The van der Waals surface area contributed by atoms with E-state index in [2.05, 4.69) is 20.2 Å². The zero-order valence-electron chi connectivity index (χ0n) is 12.6. The van der Waals surface area contributed by atoms with Crippen LogP contribution in [0.3, 0.4) is 0 Å². The largest absolute Gasteiger partial charge is 0.478 e. The highest BCUT2D eigenvalue weighted by atomic mass is 35.5. The molecule has 1 N–H and O–H groups in total. The van der Waals surface area contributed by atoms with Gasteiger partial charge in [-0.3, -0.25) is 9.88 Å². The summed E-state index contributed by atoms with van der Waals surface area (Å²) < 4.78 is 5.50. The average Bonchev–Trinajstić information content (AvgIpc) is 2.71. The zero-order chi connectivity index (χ0) is 15.4. The van der Waals surface area contributed by atoms with Crippen LogP contribution in [0, 0.1) is 0 Å². The Bertz CT molecular complexity index is 650. The van der Waals surface area contributed by atoms with E-state index in [4.69, 9.17) is 16.3 Å². The van der Waals surface area contributed by atoms with Crippen LogP contribution in [0.25, 0.3) is 0 Å². The van der Waals surface area contributed by atoms with Crippen molar-refractivity contribution in [3.63, 3.8) is 0 Å². The summed E-state index contributed by atoms with van der Waals surface area (Å²) in [6.45, 7) is 6.04. The molecule has 0 atom stereocenters. The minimum atomic E-state index is 0.621. The first kappa shape index (κ1) is 15.1. The minimum absolute atomic E-state index is 0.621. The predicted octanol–water partition coefficient (Wildman–Crippen LogP) is 2.96. The van der Waals surface area contributed by atoms with Crippen LogP contribution in [-0.4, -0.2) is 34.6 Å². The first-order valence-electron chi connectivity index (χ1n) is 7.42. The molecule has 0 spiro atoms. The van der Waals surface area contributed by atoms with Gasteiger partial charge in [-0.25, -0.2) is 4.98 Å². The van der Waals surface area contributed by atoms with Crippen molar-refractivity contribution in [3.05, 3.63) is 46.9 Å². The van der Waals surface area contributed by atoms with E-state index in [-0.39, 0.29) is 0 Å². The molecule has 5 nitrogen and oxygen atoms in total. The second-order valence-corrected chi connectivity index (χ2v) is 5.62. The maximum absolute atomic E-state index is 6.22. The molecular weight excluding hydrogens is 300 g/mol. The Labute approximate surface area is 135 Å². The molecule has 0 unspecified atom stereocenters. The maximum atomic E-state index is 6.22. The van der Waals surface area contributed by atoms with E-state index in [1.54, 1.807) is 12.4 Å². The molecular formula is C16H19ClN4O. The molecule has 1 aliphatic heterocycles. The van der Waals surface area contributed by atoms with Gasteiger partial charge in [-0.15, -0.1) is 0 Å². The number of anilines is 1. The van der Waals surface area contributed by atoms with Crippen molar-refractivity contribution in [2.75, 3.05) is 25.0 Å². The summed E-state index contributed by atoms with van der Waals surface area (Å²) in [5.41, 5.74) is 3.37. The molecule has 6 heteroatoms. The van der Waals surface area contributed by atoms with Crippen LogP contribution in [0.4, 0.5) is 5.69 Å². The summed E-state index contributed by atoms with van der Waals surface area (Å²) in [7, 11) is 0. The van der Waals surface area contributed by atoms with Crippen molar-refractivity contribution in [1.82, 2.24) is 14.9 Å². The molecule has 3 heterocycles. The van der Waals surface area contributed by atoms with Gasteiger partial charge in [0.15, 0.2) is 0 Å². The van der Waals surface area contributed by atoms with Crippen LogP contribution in [0.15, 0.2) is 30.7 Å². The Hall–Kier alpha value is -1.85. The normalized spacial score (nSPS) is 14.8. The fourth-order valence-corrected chi connectivity index (χ4v) is 2.75. The minimum Gasteiger partial charge on any atom is -0.478 e. The molecule has 0 aromatic carbocycles. The lowest BCUT2D eigenvalue weighted by Gasteiger charge is -2.20. The Morgan fingerprint density at radius 1 is 1.41 bits per heavy atom. The highest BCUT2D eigenvalue weighted by Crippen LogP contribution is 2.25. The number of aromatic nitrogens is 2. The van der Waals surface area contributed by atoms with E-state index in [9.17, 15) is 0 Å². The molecule has 0 saturated carbocycles. The van der Waals surface area contributed by atoms with Gasteiger partial charge in [0.1, 0.15) is 0 Å². The van der Waals surface area contributed by atoms with Gasteiger partial charge in [-0.05, 0) is 24.1 Å². The molecule has 0 radical (unpaired) electrons. The summed E-state index contributed by atoms with van der Waals surface area (Å²) in [4.78, 5) is 10.7. The van der Waals surface area contributed by atoms with E-state index < -0.39 is 0 Å². The molecule has 0 fully saturated rings. The van der Waals surface area contributed by atoms with Gasteiger partial charge >= 0.3 is 0 Å². The molecule has 0 bridgehead atoms. The first-order chi connectivity index (χ1) is 10.8. The van der Waals surface area contributed by atoms with Crippen LogP contribution < -0.4 is 10.1 Å². The van der Waals surface area contributed by atoms with Gasteiger partial charge in [-0.1, -0.05) is 11.6 Å². The number of nitrogens with one attached hydrogen (secondary N) is 1. The third-order valence-electron chi connectivity index (χ3n) is 3.64. The van der Waals surface area contributed by atoms with Gasteiger partial charge < -0.3 is 10.1 Å². The molecule has 0 saturated heterocycles. The average molecular weight is 319 g/mol. The Kier molecular flexibility index (Phi) is 4.75. The van der Waals surface area contributed by atoms with Gasteiger partial charge in [-0.2, -0.15) is 0 Å². The molecule has 2 aromatic rings. The van der Waals surface area contributed by atoms with Crippen molar-refractivity contribution in [2.24, 2.45) is 0 Å². The lowest BCUT2D eigenvalue weighted by Crippen LogP contribution is -2.25. The van der Waals surface area contributed by atoms with Crippen molar-refractivity contribution in [1.29, 1.82) is 0 Å². The number of hydrogen-bond donors (Lipinski definition) is 1. The summed E-state index contributed by atoms with van der Waals surface area (Å²) >= 11 is 6.22. The van der Waals surface area contributed by atoms with E-state index in [1.165, 1.54) is 5.56 Å². The summed E-state index contributed by atoms with van der Waals surface area (Å²) in [6, 6.07) is 3.98. The first-order valence-corrected chi connectivity index (χ1v) is 7.80. The maximum Gasteiger partial charge on any atom is 0.213 e. The van der Waals surface area contributed by atoms with Gasteiger partial charge in [0, 0.05) is 44.6 Å². The highest BCUT2D eigenvalue weighted by molar-refractivity contribution is 6.31. The number of hydrogen-bond acceptors (Lipinski definition) is 5. The number of pyridine rings is 2. The Morgan fingerprint density at radius 3 is 3.14 bits per heavy atom. The molecule has 22 heavy (non-hydrogen) atoms. The third-order valence-corrected chi connectivity index (χ3v) is 3.98. The van der Waals surface area contributed by atoms with Gasteiger partial charge in [0.05, 0.1) is 23.5 Å². The van der Waals surface area contributed by atoms with Gasteiger partial charge in [0.2, 0.25) is 5.88 Å². The van der Waals surface area contributed by atoms with E-state index in [0.29, 0.717) is 17.5 Å². The number of nitrogens with zero attached hydrogens (tertiary/aromatic N) is 3. The summed E-state index contributed by atoms with van der Waals surface area (Å²) in [5, 5.41) is 4.13. The highest BCUT2D eigenvalue weighted by Gasteiger charge is 2.16. The lowest BCUT2D eigenvalue weighted by atomic mass is 10.2. The Morgan fingerprint density at radius 2 is 2.32 bits per heavy atom. The van der Waals surface area contributed by atoms with Crippen LogP contribution in [0.1, 0.15) is 18.1 Å². The SMILES string of the molecule is CCOc1cc2c(cn1)NCCN(Cc1ccncc1Cl)C2. The second-order valence-electron chi connectivity index (χ2n) is 5.22. The predicted molar refractivity (Wildman–Crippen MR) is 87.3 cm³/mol. The topological polar surface area (TPSA) is 50.3 Å². The van der Waals surface area contributed by atoms with Gasteiger partial charge in [0.25, 0.3) is 0 Å². The van der Waals surface area contributed by atoms with E-state index in [0.717, 1.165) is 37.4 Å². The number of halogens is 1. The van der Waals surface area contributed by atoms with Crippen molar-refractivity contribution < 1.29 is 4.74 Å². The molecule has 3 rings (SSSR count). The van der Waals surface area contributed by atoms with Crippen molar-refractivity contribution in [2.45, 2.75) is 20.0 Å². The summed E-state index contributed by atoms with van der Waals surface area (Å²) in [5.74, 6) is 0.673. The lowest BCUT2D eigenvalue weighted by molar-refractivity contribution is 0.270. The van der Waals surface area contributed by atoms with Crippen LogP contribution >= 0.6 is 11.6 Å². The third kappa shape index (κ3) is 3.48. The molecule has 116 valence electrons. The fraction of sp³-hybridized carbons (Fsp3) is 0.375. The van der Waals surface area contributed by atoms with Crippen LogP contribution in [0.5, 0.6) is 5.88 Å². The second kappa shape index (κ2) is 6.94. The fourth-order valence-electron chi connectivity index (χ4n) is 2.57. The molecule has 0 aliphatic carbocycles. The smallest absolute Gasteiger partial charge is 0.213 e. The zero-order valence-corrected chi connectivity index (χ0v) is 13.3. The monoisotopic (exact) mass is 318 g/mol. The Balaban J connectivity index is 1.78. The summed E-state index contributed by atoms with van der Waals surface area (Å²) in [6.07, 6.45) is 5.32. The van der Waals surface area contributed by atoms with E-state index >= 15 is 0 Å². The number of fused-ring (bicyclic) bond motifs is 1. The quantitative estimate of drug-likeness (QED) is 0.939. The van der Waals surface area contributed by atoms with Crippen LogP contribution in [-0.2, 0) is 13.1 Å². The standard InChI is InChI=1S/C16H19ClN4O/c1-2-22-16-7-13-11-21(6-5-19-15(13)9-20-16)10-12-3-4-18-8-14(12)17/h3-4,7-9,19H,2,5-6,10-11H2,1H3. The number of rotatable bonds is 4. The number of ether oxygens (including phenoxy) is 1.